The van der Waals surface area contributed by atoms with Crippen molar-refractivity contribution in [2.75, 3.05) is 5.73 Å². The van der Waals surface area contributed by atoms with Gasteiger partial charge in [-0.2, -0.15) is 13.2 Å². The van der Waals surface area contributed by atoms with Crippen molar-refractivity contribution in [3.05, 3.63) is 22.1 Å². The van der Waals surface area contributed by atoms with Crippen molar-refractivity contribution >= 4 is 21.7 Å². The molecule has 72 valence electrons. The lowest BCUT2D eigenvalue weighted by Crippen LogP contribution is -2.09. The number of nitrogens with two attached hydrogens (primary N) is 1. The summed E-state index contributed by atoms with van der Waals surface area (Å²) in [6.45, 7) is 0. The quantitative estimate of drug-likeness (QED) is 0.727. The molecule has 0 radical (unpaired) electrons. The molecule has 1 aromatic heterocycles. The highest BCUT2D eigenvalue weighted by atomic mass is 79.9. The Morgan fingerprint density at radius 2 is 1.92 bits per heavy atom. The Morgan fingerprint density at radius 3 is 2.38 bits per heavy atom. The molecule has 1 aromatic rings. The van der Waals surface area contributed by atoms with Crippen LogP contribution in [0.5, 0.6) is 0 Å². The van der Waals surface area contributed by atoms with Crippen LogP contribution in [0, 0.1) is 5.82 Å². The third-order valence-corrected chi connectivity index (χ3v) is 2.07. The van der Waals surface area contributed by atoms with E-state index in [0.29, 0.717) is 6.20 Å². The van der Waals surface area contributed by atoms with E-state index >= 15 is 0 Å². The fourth-order valence-electron chi connectivity index (χ4n) is 0.676. The number of anilines is 1. The lowest BCUT2D eigenvalue weighted by Gasteiger charge is -2.09. The van der Waals surface area contributed by atoms with Gasteiger partial charge in [-0.3, -0.25) is 0 Å². The zero-order valence-electron chi connectivity index (χ0n) is 5.99. The van der Waals surface area contributed by atoms with Crippen LogP contribution in [-0.2, 0) is 6.18 Å². The predicted molar refractivity (Wildman–Crippen MR) is 41.3 cm³/mol. The van der Waals surface area contributed by atoms with E-state index < -0.39 is 27.8 Å². The fraction of sp³-hybridized carbons (Fsp3) is 0.167. The zero-order chi connectivity index (χ0) is 10.2. The summed E-state index contributed by atoms with van der Waals surface area (Å²) in [7, 11) is 0. The van der Waals surface area contributed by atoms with E-state index in [2.05, 4.69) is 20.9 Å². The van der Waals surface area contributed by atoms with Gasteiger partial charge in [0.2, 0.25) is 0 Å². The second-order valence-corrected chi connectivity index (χ2v) is 2.98. The van der Waals surface area contributed by atoms with Crippen molar-refractivity contribution in [3.63, 3.8) is 0 Å². The molecule has 0 spiro atoms. The minimum absolute atomic E-state index is 0.475. The van der Waals surface area contributed by atoms with Gasteiger partial charge in [0.05, 0.1) is 10.0 Å². The maximum Gasteiger partial charge on any atom is 0.419 e. The maximum absolute atomic E-state index is 12.8. The van der Waals surface area contributed by atoms with Gasteiger partial charge in [0, 0.05) is 6.20 Å². The molecule has 1 rings (SSSR count). The Morgan fingerprint density at radius 1 is 1.38 bits per heavy atom. The van der Waals surface area contributed by atoms with E-state index in [1.54, 1.807) is 0 Å². The molecule has 0 aliphatic rings. The Kier molecular flexibility index (Phi) is 2.47. The molecular formula is C6H3BrF4N2. The van der Waals surface area contributed by atoms with E-state index in [-0.39, 0.29) is 0 Å². The van der Waals surface area contributed by atoms with Crippen LogP contribution in [-0.4, -0.2) is 4.98 Å². The molecule has 0 amide bonds. The molecule has 0 unspecified atom stereocenters. The van der Waals surface area contributed by atoms with Crippen molar-refractivity contribution in [1.82, 2.24) is 4.98 Å². The average Bonchev–Trinajstić information content (AvgIpc) is 1.98. The number of pyridine rings is 1. The highest BCUT2D eigenvalue weighted by molar-refractivity contribution is 9.10. The molecule has 0 saturated carbocycles. The highest BCUT2D eigenvalue weighted by Gasteiger charge is 2.35. The minimum Gasteiger partial charge on any atom is -0.381 e. The van der Waals surface area contributed by atoms with Crippen LogP contribution in [0.3, 0.4) is 0 Å². The summed E-state index contributed by atoms with van der Waals surface area (Å²) in [4.78, 5) is 3.06. The van der Waals surface area contributed by atoms with E-state index in [1.165, 1.54) is 0 Å². The smallest absolute Gasteiger partial charge is 0.381 e. The van der Waals surface area contributed by atoms with E-state index in [1.807, 2.05) is 0 Å². The van der Waals surface area contributed by atoms with Gasteiger partial charge < -0.3 is 5.73 Å². The van der Waals surface area contributed by atoms with E-state index in [4.69, 9.17) is 5.73 Å². The standard InChI is InChI=1S/C6H3BrF4N2/c7-3-2(6(9,10)11)1-13-5(12)4(3)8/h1H,(H2,12,13). The second-order valence-electron chi connectivity index (χ2n) is 2.18. The normalized spacial score (nSPS) is 11.8. The third-order valence-electron chi connectivity index (χ3n) is 1.29. The third kappa shape index (κ3) is 1.90. The monoisotopic (exact) mass is 258 g/mol. The molecule has 0 saturated heterocycles. The van der Waals surface area contributed by atoms with Gasteiger partial charge in [-0.1, -0.05) is 0 Å². The molecule has 0 bridgehead atoms. The summed E-state index contributed by atoms with van der Waals surface area (Å²) in [6.07, 6.45) is -4.16. The van der Waals surface area contributed by atoms with Gasteiger partial charge in [0.15, 0.2) is 11.6 Å². The van der Waals surface area contributed by atoms with Gasteiger partial charge in [0.1, 0.15) is 0 Å². The maximum atomic E-state index is 12.8. The molecule has 0 aliphatic carbocycles. The number of nitrogen functional groups attached to an aromatic ring is 1. The van der Waals surface area contributed by atoms with Crippen LogP contribution in [0.25, 0.3) is 0 Å². The average molecular weight is 259 g/mol. The molecule has 2 nitrogen and oxygen atoms in total. The summed E-state index contributed by atoms with van der Waals surface area (Å²) in [6, 6.07) is 0. The number of nitrogens with zero attached hydrogens (tertiary/aromatic N) is 1. The number of hydrogen-bond donors (Lipinski definition) is 1. The summed E-state index contributed by atoms with van der Waals surface area (Å²) < 4.78 is 48.3. The molecule has 0 fully saturated rings. The first kappa shape index (κ1) is 10.2. The van der Waals surface area contributed by atoms with Crippen LogP contribution < -0.4 is 5.73 Å². The number of hydrogen-bond acceptors (Lipinski definition) is 2. The van der Waals surface area contributed by atoms with Gasteiger partial charge in [-0.25, -0.2) is 9.37 Å². The zero-order valence-corrected chi connectivity index (χ0v) is 7.58. The molecule has 1 heterocycles. The van der Waals surface area contributed by atoms with Crippen molar-refractivity contribution < 1.29 is 17.6 Å². The number of halogens is 5. The summed E-state index contributed by atoms with van der Waals surface area (Å²) >= 11 is 2.45. The summed E-state index contributed by atoms with van der Waals surface area (Å²) in [5.74, 6) is -1.77. The van der Waals surface area contributed by atoms with Gasteiger partial charge in [-0.15, -0.1) is 0 Å². The Labute approximate surface area is 78.9 Å². The molecule has 0 aliphatic heterocycles. The molecule has 7 heteroatoms. The van der Waals surface area contributed by atoms with Gasteiger partial charge in [0.25, 0.3) is 0 Å². The summed E-state index contributed by atoms with van der Waals surface area (Å²) in [5, 5.41) is 0. The molecule has 2 N–H and O–H groups in total. The van der Waals surface area contributed by atoms with Crippen molar-refractivity contribution in [2.45, 2.75) is 6.18 Å². The Hall–Kier alpha value is -0.850. The largest absolute Gasteiger partial charge is 0.419 e. The number of alkyl halides is 3. The molecule has 0 atom stereocenters. The number of rotatable bonds is 0. The fourth-order valence-corrected chi connectivity index (χ4v) is 1.21. The van der Waals surface area contributed by atoms with Gasteiger partial charge in [-0.05, 0) is 15.9 Å². The molecule has 0 aromatic carbocycles. The van der Waals surface area contributed by atoms with Crippen LogP contribution in [0.2, 0.25) is 0 Å². The molecular weight excluding hydrogens is 256 g/mol. The van der Waals surface area contributed by atoms with E-state index in [9.17, 15) is 17.6 Å². The first-order valence-electron chi connectivity index (χ1n) is 3.00. The first-order chi connectivity index (χ1) is 5.84. The number of aromatic nitrogens is 1. The van der Waals surface area contributed by atoms with Crippen LogP contribution in [0.4, 0.5) is 23.4 Å². The van der Waals surface area contributed by atoms with Crippen molar-refractivity contribution in [2.24, 2.45) is 0 Å². The lowest BCUT2D eigenvalue weighted by molar-refractivity contribution is -0.138. The highest BCUT2D eigenvalue weighted by Crippen LogP contribution is 2.36. The second kappa shape index (κ2) is 3.13. The SMILES string of the molecule is Nc1ncc(C(F)(F)F)c(Br)c1F. The van der Waals surface area contributed by atoms with Crippen LogP contribution >= 0.6 is 15.9 Å². The first-order valence-corrected chi connectivity index (χ1v) is 3.80. The van der Waals surface area contributed by atoms with Crippen LogP contribution in [0.1, 0.15) is 5.56 Å². The Balaban J connectivity index is 3.35. The van der Waals surface area contributed by atoms with Crippen molar-refractivity contribution in [1.29, 1.82) is 0 Å². The minimum atomic E-state index is -4.64. The van der Waals surface area contributed by atoms with Crippen LogP contribution in [0.15, 0.2) is 10.7 Å². The predicted octanol–water partition coefficient (Wildman–Crippen LogP) is 2.58. The Bertz CT molecular complexity index is 336. The summed E-state index contributed by atoms with van der Waals surface area (Å²) in [5.41, 5.74) is 3.77. The lowest BCUT2D eigenvalue weighted by atomic mass is 10.2. The van der Waals surface area contributed by atoms with E-state index in [0.717, 1.165) is 0 Å². The van der Waals surface area contributed by atoms with Gasteiger partial charge >= 0.3 is 6.18 Å². The molecule has 13 heavy (non-hydrogen) atoms. The topological polar surface area (TPSA) is 38.9 Å². The van der Waals surface area contributed by atoms with Crippen molar-refractivity contribution in [3.8, 4) is 0 Å².